The third-order valence-electron chi connectivity index (χ3n) is 3.76. The van der Waals surface area contributed by atoms with E-state index in [0.717, 1.165) is 23.6 Å². The molecule has 132 valence electrons. The third kappa shape index (κ3) is 3.80. The van der Waals surface area contributed by atoms with Gasteiger partial charge in [0, 0.05) is 31.5 Å². The average molecular weight is 342 g/mol. The van der Waals surface area contributed by atoms with Crippen molar-refractivity contribution in [2.45, 2.75) is 19.9 Å². The summed E-state index contributed by atoms with van der Waals surface area (Å²) in [6.45, 7) is 3.53. The molecule has 0 saturated carbocycles. The summed E-state index contributed by atoms with van der Waals surface area (Å²) in [6.07, 6.45) is 2.39. The van der Waals surface area contributed by atoms with Crippen LogP contribution in [-0.2, 0) is 6.54 Å². The van der Waals surface area contributed by atoms with Gasteiger partial charge in [0.05, 0.1) is 13.4 Å². The Labute approximate surface area is 145 Å². The van der Waals surface area contributed by atoms with Crippen LogP contribution >= 0.6 is 0 Å². The quantitative estimate of drug-likeness (QED) is 0.541. The summed E-state index contributed by atoms with van der Waals surface area (Å²) in [4.78, 5) is 13.5. The Balaban J connectivity index is 1.97. The minimum absolute atomic E-state index is 0.122. The van der Waals surface area contributed by atoms with Crippen LogP contribution in [0, 0.1) is 0 Å². The smallest absolute Gasteiger partial charge is 0.226 e. The van der Waals surface area contributed by atoms with Crippen LogP contribution in [-0.4, -0.2) is 44.9 Å². The van der Waals surface area contributed by atoms with Gasteiger partial charge in [-0.25, -0.2) is 4.98 Å². The van der Waals surface area contributed by atoms with E-state index in [9.17, 15) is 0 Å². The molecule has 1 aromatic carbocycles. The predicted molar refractivity (Wildman–Crippen MR) is 97.5 cm³/mol. The minimum atomic E-state index is 0.122. The lowest BCUT2D eigenvalue weighted by Crippen LogP contribution is -2.09. The van der Waals surface area contributed by atoms with Crippen molar-refractivity contribution in [1.82, 2.24) is 19.5 Å². The first-order chi connectivity index (χ1) is 12.2. The fraction of sp³-hybridized carbons (Fsp3) is 0.353. The molecule has 0 aliphatic heterocycles. The highest BCUT2D eigenvalue weighted by Gasteiger charge is 2.13. The highest BCUT2D eigenvalue weighted by atomic mass is 16.5. The molecule has 0 fully saturated rings. The molecule has 2 aromatic heterocycles. The van der Waals surface area contributed by atoms with Gasteiger partial charge in [-0.2, -0.15) is 9.97 Å². The molecular formula is C17H22N6O2. The molecule has 0 amide bonds. The Morgan fingerprint density at radius 3 is 2.92 bits per heavy atom. The number of nitrogens with zero attached hydrogens (tertiary/aromatic N) is 4. The number of rotatable bonds is 8. The second-order valence-corrected chi connectivity index (χ2v) is 5.46. The molecule has 0 spiro atoms. The zero-order valence-electron chi connectivity index (χ0n) is 14.4. The van der Waals surface area contributed by atoms with Gasteiger partial charge in [-0.1, -0.05) is 6.07 Å². The summed E-state index contributed by atoms with van der Waals surface area (Å²) in [5.74, 6) is 1.88. The van der Waals surface area contributed by atoms with Crippen LogP contribution in [0.15, 0.2) is 30.6 Å². The number of hydrogen-bond donors (Lipinski definition) is 3. The molecule has 25 heavy (non-hydrogen) atoms. The van der Waals surface area contributed by atoms with Crippen molar-refractivity contribution >= 4 is 28.6 Å². The molecular weight excluding hydrogens is 320 g/mol. The van der Waals surface area contributed by atoms with E-state index in [2.05, 4.69) is 25.6 Å². The zero-order valence-corrected chi connectivity index (χ0v) is 14.4. The first kappa shape index (κ1) is 17.0. The number of imidazole rings is 1. The topological polar surface area (TPSA) is 97.1 Å². The summed E-state index contributed by atoms with van der Waals surface area (Å²) in [6, 6.07) is 7.62. The normalized spacial score (nSPS) is 10.8. The maximum absolute atomic E-state index is 8.94. The maximum atomic E-state index is 8.94. The van der Waals surface area contributed by atoms with Gasteiger partial charge in [0.2, 0.25) is 5.95 Å². The molecule has 8 nitrogen and oxygen atoms in total. The Bertz CT molecular complexity index is 848. The van der Waals surface area contributed by atoms with E-state index in [0.29, 0.717) is 30.2 Å². The minimum Gasteiger partial charge on any atom is -0.497 e. The van der Waals surface area contributed by atoms with E-state index >= 15 is 0 Å². The lowest BCUT2D eigenvalue weighted by molar-refractivity contribution is 0.292. The Morgan fingerprint density at radius 2 is 2.16 bits per heavy atom. The molecule has 0 unspecified atom stereocenters. The monoisotopic (exact) mass is 342 g/mol. The molecule has 0 bridgehead atoms. The van der Waals surface area contributed by atoms with Gasteiger partial charge in [-0.3, -0.25) is 0 Å². The highest BCUT2D eigenvalue weighted by Crippen LogP contribution is 2.26. The Kier molecular flexibility index (Phi) is 5.30. The molecule has 3 aromatic rings. The number of ether oxygens (including phenoxy) is 1. The molecule has 2 heterocycles. The van der Waals surface area contributed by atoms with E-state index in [-0.39, 0.29) is 6.61 Å². The number of aromatic nitrogens is 4. The Morgan fingerprint density at radius 1 is 1.28 bits per heavy atom. The van der Waals surface area contributed by atoms with Crippen LogP contribution in [0.5, 0.6) is 5.75 Å². The number of benzene rings is 1. The number of aliphatic hydroxyl groups excluding tert-OH is 1. The van der Waals surface area contributed by atoms with Crippen LogP contribution in [0.25, 0.3) is 11.2 Å². The standard InChI is InChI=1S/C17H22N6O2/c1-3-23-11-19-14-15(20-12-6-4-7-13(10-12)25-2)21-17(22-16(14)23)18-8-5-9-24/h4,6-7,10-11,24H,3,5,8-9H2,1-2H3,(H2,18,20,21,22). The molecule has 0 aliphatic rings. The van der Waals surface area contributed by atoms with Crippen molar-refractivity contribution in [3.05, 3.63) is 30.6 Å². The zero-order chi connectivity index (χ0) is 17.6. The number of hydrogen-bond acceptors (Lipinski definition) is 7. The largest absolute Gasteiger partial charge is 0.497 e. The summed E-state index contributed by atoms with van der Waals surface area (Å²) in [7, 11) is 1.63. The summed E-state index contributed by atoms with van der Waals surface area (Å²) in [5.41, 5.74) is 2.32. The van der Waals surface area contributed by atoms with Gasteiger partial charge in [-0.15, -0.1) is 0 Å². The van der Waals surface area contributed by atoms with Crippen molar-refractivity contribution in [3.8, 4) is 5.75 Å². The number of aliphatic hydroxyl groups is 1. The van der Waals surface area contributed by atoms with Gasteiger partial charge in [-0.05, 0) is 25.5 Å². The van der Waals surface area contributed by atoms with Crippen molar-refractivity contribution < 1.29 is 9.84 Å². The molecule has 0 saturated heterocycles. The third-order valence-corrected chi connectivity index (χ3v) is 3.76. The SMILES string of the molecule is CCn1cnc2c(Nc3cccc(OC)c3)nc(NCCCO)nc21. The van der Waals surface area contributed by atoms with Crippen molar-refractivity contribution in [1.29, 1.82) is 0 Å². The second-order valence-electron chi connectivity index (χ2n) is 5.46. The van der Waals surface area contributed by atoms with Crippen LogP contribution in [0.4, 0.5) is 17.5 Å². The molecule has 0 atom stereocenters. The van der Waals surface area contributed by atoms with E-state index < -0.39 is 0 Å². The van der Waals surface area contributed by atoms with Crippen molar-refractivity contribution in [2.75, 3.05) is 30.9 Å². The summed E-state index contributed by atoms with van der Waals surface area (Å²) >= 11 is 0. The summed E-state index contributed by atoms with van der Waals surface area (Å²) in [5, 5.41) is 15.4. The van der Waals surface area contributed by atoms with E-state index in [1.54, 1.807) is 13.4 Å². The average Bonchev–Trinajstić information content (AvgIpc) is 3.05. The number of aryl methyl sites for hydroxylation is 1. The van der Waals surface area contributed by atoms with E-state index in [1.807, 2.05) is 35.8 Å². The Hall–Kier alpha value is -2.87. The number of fused-ring (bicyclic) bond motifs is 1. The number of anilines is 3. The molecule has 3 rings (SSSR count). The number of methoxy groups -OCH3 is 1. The molecule has 8 heteroatoms. The van der Waals surface area contributed by atoms with Crippen LogP contribution in [0.1, 0.15) is 13.3 Å². The van der Waals surface area contributed by atoms with Gasteiger partial charge in [0.15, 0.2) is 17.0 Å². The lowest BCUT2D eigenvalue weighted by Gasteiger charge is -2.11. The molecule has 0 aliphatic carbocycles. The van der Waals surface area contributed by atoms with Gasteiger partial charge in [0.1, 0.15) is 5.75 Å². The van der Waals surface area contributed by atoms with Crippen LogP contribution in [0.3, 0.4) is 0 Å². The fourth-order valence-corrected chi connectivity index (χ4v) is 2.46. The highest BCUT2D eigenvalue weighted by molar-refractivity contribution is 5.86. The predicted octanol–water partition coefficient (Wildman–Crippen LogP) is 2.39. The lowest BCUT2D eigenvalue weighted by atomic mass is 10.3. The van der Waals surface area contributed by atoms with E-state index in [1.165, 1.54) is 0 Å². The summed E-state index contributed by atoms with van der Waals surface area (Å²) < 4.78 is 7.23. The fourth-order valence-electron chi connectivity index (χ4n) is 2.46. The second kappa shape index (κ2) is 7.80. The van der Waals surface area contributed by atoms with Gasteiger partial charge >= 0.3 is 0 Å². The van der Waals surface area contributed by atoms with Crippen LogP contribution in [0.2, 0.25) is 0 Å². The molecule has 3 N–H and O–H groups in total. The maximum Gasteiger partial charge on any atom is 0.226 e. The van der Waals surface area contributed by atoms with Gasteiger partial charge in [0.25, 0.3) is 0 Å². The van der Waals surface area contributed by atoms with E-state index in [4.69, 9.17) is 9.84 Å². The molecule has 0 radical (unpaired) electrons. The first-order valence-electron chi connectivity index (χ1n) is 8.23. The first-order valence-corrected chi connectivity index (χ1v) is 8.23. The van der Waals surface area contributed by atoms with Crippen molar-refractivity contribution in [3.63, 3.8) is 0 Å². The number of nitrogens with one attached hydrogen (secondary N) is 2. The van der Waals surface area contributed by atoms with Gasteiger partial charge < -0.3 is 25.0 Å². The van der Waals surface area contributed by atoms with Crippen LogP contribution < -0.4 is 15.4 Å². The van der Waals surface area contributed by atoms with Crippen molar-refractivity contribution in [2.24, 2.45) is 0 Å².